The number of nitrogens with two attached hydrogens (primary N) is 1. The summed E-state index contributed by atoms with van der Waals surface area (Å²) in [7, 11) is 0. The Hall–Kier alpha value is -1.39. The lowest BCUT2D eigenvalue weighted by Gasteiger charge is -2.47. The van der Waals surface area contributed by atoms with Crippen molar-refractivity contribution < 1.29 is 4.79 Å². The second kappa shape index (κ2) is 6.17. The molecule has 1 amide bonds. The summed E-state index contributed by atoms with van der Waals surface area (Å²) in [5.41, 5.74) is 7.23. The van der Waals surface area contributed by atoms with E-state index in [1.54, 1.807) is 0 Å². The lowest BCUT2D eigenvalue weighted by atomic mass is 9.86. The van der Waals surface area contributed by atoms with Gasteiger partial charge in [-0.25, -0.2) is 0 Å². The van der Waals surface area contributed by atoms with Crippen molar-refractivity contribution in [2.45, 2.75) is 31.8 Å². The van der Waals surface area contributed by atoms with Crippen molar-refractivity contribution in [3.05, 3.63) is 35.9 Å². The van der Waals surface area contributed by atoms with E-state index in [2.05, 4.69) is 17.1 Å². The third-order valence-electron chi connectivity index (χ3n) is 3.52. The molecule has 3 N–H and O–H groups in total. The average Bonchev–Trinajstić information content (AvgIpc) is 2.36. The van der Waals surface area contributed by atoms with Crippen LogP contribution in [0.5, 0.6) is 0 Å². The first kappa shape index (κ1) is 14.0. The molecule has 1 aliphatic heterocycles. The summed E-state index contributed by atoms with van der Waals surface area (Å²) in [6.07, 6.45) is 2.14. The lowest BCUT2D eigenvalue weighted by Crippen LogP contribution is -2.68. The Morgan fingerprint density at radius 1 is 1.37 bits per heavy atom. The van der Waals surface area contributed by atoms with Crippen molar-refractivity contribution in [2.75, 3.05) is 19.6 Å². The minimum atomic E-state index is -0.0611. The molecule has 0 aromatic heterocycles. The van der Waals surface area contributed by atoms with Crippen molar-refractivity contribution in [1.82, 2.24) is 10.2 Å². The Morgan fingerprint density at radius 2 is 2.05 bits per heavy atom. The lowest BCUT2D eigenvalue weighted by molar-refractivity contribution is -0.124. The first-order valence-electron chi connectivity index (χ1n) is 6.93. The van der Waals surface area contributed by atoms with Crippen LogP contribution in [-0.2, 0) is 11.3 Å². The van der Waals surface area contributed by atoms with E-state index in [4.69, 9.17) is 5.73 Å². The van der Waals surface area contributed by atoms with Crippen LogP contribution in [0.2, 0.25) is 0 Å². The van der Waals surface area contributed by atoms with Gasteiger partial charge in [-0.1, -0.05) is 43.7 Å². The predicted octanol–water partition coefficient (Wildman–Crippen LogP) is 1.12. The second-order valence-electron chi connectivity index (χ2n) is 5.52. The largest absolute Gasteiger partial charge is 0.351 e. The molecule has 0 saturated carbocycles. The molecule has 1 aromatic rings. The molecule has 0 aliphatic carbocycles. The van der Waals surface area contributed by atoms with E-state index in [1.807, 2.05) is 30.3 Å². The van der Waals surface area contributed by atoms with E-state index in [9.17, 15) is 4.79 Å². The van der Waals surface area contributed by atoms with E-state index in [1.165, 1.54) is 0 Å². The monoisotopic (exact) mass is 261 g/mol. The van der Waals surface area contributed by atoms with Gasteiger partial charge in [-0.05, 0) is 12.0 Å². The Kier molecular flexibility index (Phi) is 4.56. The van der Waals surface area contributed by atoms with Gasteiger partial charge in [-0.15, -0.1) is 0 Å². The third-order valence-corrected chi connectivity index (χ3v) is 3.52. The van der Waals surface area contributed by atoms with Crippen molar-refractivity contribution in [2.24, 2.45) is 5.73 Å². The van der Waals surface area contributed by atoms with Crippen LogP contribution in [-0.4, -0.2) is 36.0 Å². The molecule has 4 nitrogen and oxygen atoms in total. The molecule has 19 heavy (non-hydrogen) atoms. The minimum Gasteiger partial charge on any atom is -0.351 e. The van der Waals surface area contributed by atoms with Crippen molar-refractivity contribution >= 4 is 5.91 Å². The number of carbonyl (C=O) groups excluding carboxylic acids is 1. The fraction of sp³-hybridized carbons (Fsp3) is 0.533. The topological polar surface area (TPSA) is 58.4 Å². The molecule has 104 valence electrons. The van der Waals surface area contributed by atoms with Crippen LogP contribution in [0.3, 0.4) is 0 Å². The molecular formula is C15H23N3O. The zero-order valence-corrected chi connectivity index (χ0v) is 11.6. The quantitative estimate of drug-likeness (QED) is 0.806. The van der Waals surface area contributed by atoms with Crippen molar-refractivity contribution in [3.63, 3.8) is 0 Å². The first-order chi connectivity index (χ1) is 9.11. The number of hydrogen-bond acceptors (Lipinski definition) is 3. The summed E-state index contributed by atoms with van der Waals surface area (Å²) in [4.78, 5) is 13.9. The van der Waals surface area contributed by atoms with E-state index in [0.29, 0.717) is 13.1 Å². The maximum Gasteiger partial charge on any atom is 0.234 e. The Bertz CT molecular complexity index is 413. The van der Waals surface area contributed by atoms with Crippen molar-refractivity contribution in [3.8, 4) is 0 Å². The van der Waals surface area contributed by atoms with Gasteiger partial charge >= 0.3 is 0 Å². The molecule has 1 aliphatic rings. The number of carbonyl (C=O) groups is 1. The molecule has 2 rings (SSSR count). The van der Waals surface area contributed by atoms with E-state index >= 15 is 0 Å². The normalized spacial score (nSPS) is 17.8. The molecule has 0 unspecified atom stereocenters. The number of nitrogens with zero attached hydrogens (tertiary/aromatic N) is 1. The Labute approximate surface area is 115 Å². The summed E-state index contributed by atoms with van der Waals surface area (Å²) in [5, 5.41) is 2.94. The van der Waals surface area contributed by atoms with Gasteiger partial charge in [0.1, 0.15) is 0 Å². The minimum absolute atomic E-state index is 0.0611. The van der Waals surface area contributed by atoms with Crippen LogP contribution in [0.4, 0.5) is 0 Å². The molecule has 0 atom stereocenters. The van der Waals surface area contributed by atoms with Gasteiger partial charge in [0.15, 0.2) is 0 Å². The maximum absolute atomic E-state index is 11.8. The number of rotatable bonds is 6. The fourth-order valence-electron chi connectivity index (χ4n) is 2.67. The van der Waals surface area contributed by atoms with E-state index < -0.39 is 0 Å². The molecule has 1 saturated heterocycles. The second-order valence-corrected chi connectivity index (χ2v) is 5.52. The van der Waals surface area contributed by atoms with Gasteiger partial charge in [-0.3, -0.25) is 9.69 Å². The molecule has 0 radical (unpaired) electrons. The molecule has 1 heterocycles. The number of nitrogens with one attached hydrogen (secondary N) is 1. The molecule has 0 bridgehead atoms. The number of benzene rings is 1. The third kappa shape index (κ3) is 4.04. The molecular weight excluding hydrogens is 238 g/mol. The summed E-state index contributed by atoms with van der Waals surface area (Å²) in [6, 6.07) is 9.95. The molecule has 1 fully saturated rings. The van der Waals surface area contributed by atoms with Crippen LogP contribution in [0.1, 0.15) is 25.3 Å². The average molecular weight is 261 g/mol. The highest BCUT2D eigenvalue weighted by molar-refractivity contribution is 5.78. The van der Waals surface area contributed by atoms with Crippen LogP contribution in [0, 0.1) is 0 Å². The fourth-order valence-corrected chi connectivity index (χ4v) is 2.67. The van der Waals surface area contributed by atoms with Crippen LogP contribution < -0.4 is 11.1 Å². The summed E-state index contributed by atoms with van der Waals surface area (Å²) < 4.78 is 0. The van der Waals surface area contributed by atoms with Gasteiger partial charge in [-0.2, -0.15) is 0 Å². The van der Waals surface area contributed by atoms with E-state index in [0.717, 1.165) is 31.5 Å². The van der Waals surface area contributed by atoms with Gasteiger partial charge in [0.25, 0.3) is 0 Å². The maximum atomic E-state index is 11.8. The molecule has 1 aromatic carbocycles. The van der Waals surface area contributed by atoms with Crippen LogP contribution >= 0.6 is 0 Å². The summed E-state index contributed by atoms with van der Waals surface area (Å²) in [5.74, 6) is 0.0717. The molecule has 4 heteroatoms. The smallest absolute Gasteiger partial charge is 0.234 e. The molecule has 0 spiro atoms. The number of hydrogen-bond donors (Lipinski definition) is 2. The highest BCUT2D eigenvalue weighted by atomic mass is 16.2. The highest BCUT2D eigenvalue weighted by Crippen LogP contribution is 2.22. The number of likely N-dealkylation sites (tertiary alicyclic amines) is 1. The Morgan fingerprint density at radius 3 is 2.68 bits per heavy atom. The summed E-state index contributed by atoms with van der Waals surface area (Å²) >= 11 is 0. The van der Waals surface area contributed by atoms with Crippen LogP contribution in [0.25, 0.3) is 0 Å². The zero-order valence-electron chi connectivity index (χ0n) is 11.6. The standard InChI is InChI=1S/C15H23N3O/c1-2-8-15(16)11-18(12-15)10-14(19)17-9-13-6-4-3-5-7-13/h3-7H,2,8-12,16H2,1H3,(H,17,19). The van der Waals surface area contributed by atoms with E-state index in [-0.39, 0.29) is 11.4 Å². The van der Waals surface area contributed by atoms with Crippen molar-refractivity contribution in [1.29, 1.82) is 0 Å². The summed E-state index contributed by atoms with van der Waals surface area (Å²) in [6.45, 7) is 4.86. The van der Waals surface area contributed by atoms with Gasteiger partial charge in [0, 0.05) is 25.2 Å². The van der Waals surface area contributed by atoms with Gasteiger partial charge < -0.3 is 11.1 Å². The Balaban J connectivity index is 1.66. The van der Waals surface area contributed by atoms with Gasteiger partial charge in [0.05, 0.1) is 6.54 Å². The SMILES string of the molecule is CCCC1(N)CN(CC(=O)NCc2ccccc2)C1. The van der Waals surface area contributed by atoms with Crippen LogP contribution in [0.15, 0.2) is 30.3 Å². The predicted molar refractivity (Wildman–Crippen MR) is 76.6 cm³/mol. The first-order valence-corrected chi connectivity index (χ1v) is 6.93. The number of amides is 1. The van der Waals surface area contributed by atoms with Gasteiger partial charge in [0.2, 0.25) is 5.91 Å². The highest BCUT2D eigenvalue weighted by Gasteiger charge is 2.38. The zero-order chi connectivity index (χ0) is 13.7.